The van der Waals surface area contributed by atoms with Gasteiger partial charge in [-0.05, 0) is 44.0 Å². The highest BCUT2D eigenvalue weighted by atomic mass is 32.2. The van der Waals surface area contributed by atoms with Crippen molar-refractivity contribution >= 4 is 15.9 Å². The minimum atomic E-state index is -3.58. The molecule has 1 aliphatic heterocycles. The SMILES string of the molecule is Cc1ccc(C(=O)N2CCC[C@H](NS(=O)(=O)c3ccccc3)C2)o1. The molecule has 7 heteroatoms. The molecule has 1 fully saturated rings. The number of sulfonamides is 1. The Morgan fingerprint density at radius 1 is 1.21 bits per heavy atom. The number of nitrogens with zero attached hydrogens (tertiary/aromatic N) is 1. The Balaban J connectivity index is 1.69. The zero-order chi connectivity index (χ0) is 17.2. The maximum absolute atomic E-state index is 12.4. The van der Waals surface area contributed by atoms with E-state index in [1.165, 1.54) is 0 Å². The van der Waals surface area contributed by atoms with Crippen LogP contribution >= 0.6 is 0 Å². The molecule has 0 radical (unpaired) electrons. The number of carbonyl (C=O) groups excluding carboxylic acids is 1. The van der Waals surface area contributed by atoms with E-state index in [1.54, 1.807) is 54.3 Å². The highest BCUT2D eigenvalue weighted by molar-refractivity contribution is 7.89. The first kappa shape index (κ1) is 16.7. The predicted molar refractivity (Wildman–Crippen MR) is 89.1 cm³/mol. The summed E-state index contributed by atoms with van der Waals surface area (Å²) in [7, 11) is -3.58. The van der Waals surface area contributed by atoms with Crippen molar-refractivity contribution in [1.82, 2.24) is 9.62 Å². The quantitative estimate of drug-likeness (QED) is 0.918. The van der Waals surface area contributed by atoms with Crippen LogP contribution in [0.15, 0.2) is 51.8 Å². The Labute approximate surface area is 141 Å². The van der Waals surface area contributed by atoms with Gasteiger partial charge in [0, 0.05) is 19.1 Å². The van der Waals surface area contributed by atoms with Crippen LogP contribution in [0.2, 0.25) is 0 Å². The molecule has 2 heterocycles. The molecule has 3 rings (SSSR count). The summed E-state index contributed by atoms with van der Waals surface area (Å²) in [6.45, 7) is 2.72. The van der Waals surface area contributed by atoms with Crippen molar-refractivity contribution in [2.24, 2.45) is 0 Å². The van der Waals surface area contributed by atoms with E-state index < -0.39 is 10.0 Å². The number of amides is 1. The average molecular weight is 348 g/mol. The van der Waals surface area contributed by atoms with Crippen molar-refractivity contribution in [3.05, 3.63) is 54.0 Å². The van der Waals surface area contributed by atoms with E-state index in [9.17, 15) is 13.2 Å². The standard InChI is InChI=1S/C17H20N2O4S/c1-13-9-10-16(23-13)17(20)19-11-5-6-14(12-19)18-24(21,22)15-7-3-2-4-8-15/h2-4,7-10,14,18H,5-6,11-12H2,1H3/t14-/m0/s1. The summed E-state index contributed by atoms with van der Waals surface area (Å²) in [5.74, 6) is 0.766. The molecule has 6 nitrogen and oxygen atoms in total. The summed E-state index contributed by atoms with van der Waals surface area (Å²) in [4.78, 5) is 14.3. The smallest absolute Gasteiger partial charge is 0.289 e. The van der Waals surface area contributed by atoms with Gasteiger partial charge in [0.05, 0.1) is 4.90 Å². The molecule has 0 aliphatic carbocycles. The molecule has 1 aliphatic rings. The van der Waals surface area contributed by atoms with Crippen LogP contribution in [0.3, 0.4) is 0 Å². The van der Waals surface area contributed by atoms with Gasteiger partial charge < -0.3 is 9.32 Å². The Bertz CT molecular complexity index is 814. The monoisotopic (exact) mass is 348 g/mol. The zero-order valence-electron chi connectivity index (χ0n) is 13.4. The number of hydrogen-bond acceptors (Lipinski definition) is 4. The molecular formula is C17H20N2O4S. The van der Waals surface area contributed by atoms with Gasteiger partial charge in [-0.1, -0.05) is 18.2 Å². The first-order valence-electron chi connectivity index (χ1n) is 7.89. The Kier molecular flexibility index (Phi) is 4.73. The third-order valence-corrected chi connectivity index (χ3v) is 5.57. The molecule has 0 spiro atoms. The number of hydrogen-bond donors (Lipinski definition) is 1. The number of likely N-dealkylation sites (tertiary alicyclic amines) is 1. The van der Waals surface area contributed by atoms with E-state index in [1.807, 2.05) is 0 Å². The lowest BCUT2D eigenvalue weighted by Crippen LogP contribution is -2.49. The summed E-state index contributed by atoms with van der Waals surface area (Å²) < 4.78 is 32.9. The molecular weight excluding hydrogens is 328 g/mol. The molecule has 1 amide bonds. The maximum atomic E-state index is 12.4. The van der Waals surface area contributed by atoms with Crippen molar-refractivity contribution in [3.63, 3.8) is 0 Å². The van der Waals surface area contributed by atoms with Gasteiger partial charge in [0.15, 0.2) is 5.76 Å². The van der Waals surface area contributed by atoms with Crippen molar-refractivity contribution in [3.8, 4) is 0 Å². The second-order valence-electron chi connectivity index (χ2n) is 5.93. The number of piperidine rings is 1. The second kappa shape index (κ2) is 6.78. The minimum Gasteiger partial charge on any atom is -0.456 e. The summed E-state index contributed by atoms with van der Waals surface area (Å²) >= 11 is 0. The molecule has 1 N–H and O–H groups in total. The van der Waals surface area contributed by atoms with E-state index >= 15 is 0 Å². The molecule has 1 atom stereocenters. The van der Waals surface area contributed by atoms with E-state index in [0.717, 1.165) is 6.42 Å². The predicted octanol–water partition coefficient (Wildman–Crippen LogP) is 2.17. The number of nitrogens with one attached hydrogen (secondary N) is 1. The van der Waals surface area contributed by atoms with Gasteiger partial charge in [-0.15, -0.1) is 0 Å². The average Bonchev–Trinajstić information content (AvgIpc) is 3.01. The van der Waals surface area contributed by atoms with Crippen molar-refractivity contribution in [2.75, 3.05) is 13.1 Å². The zero-order valence-corrected chi connectivity index (χ0v) is 14.3. The third kappa shape index (κ3) is 3.68. The van der Waals surface area contributed by atoms with Crippen LogP contribution in [0, 0.1) is 6.92 Å². The fourth-order valence-corrected chi connectivity index (χ4v) is 4.13. The normalized spacial score (nSPS) is 18.5. The summed E-state index contributed by atoms with van der Waals surface area (Å²) in [6, 6.07) is 11.3. The Morgan fingerprint density at radius 2 is 1.96 bits per heavy atom. The molecule has 24 heavy (non-hydrogen) atoms. The molecule has 0 bridgehead atoms. The van der Waals surface area contributed by atoms with Gasteiger partial charge >= 0.3 is 0 Å². The van der Waals surface area contributed by atoms with Crippen LogP contribution in [0.25, 0.3) is 0 Å². The van der Waals surface area contributed by atoms with Crippen LogP contribution in [-0.4, -0.2) is 38.4 Å². The molecule has 0 saturated carbocycles. The first-order valence-corrected chi connectivity index (χ1v) is 9.37. The second-order valence-corrected chi connectivity index (χ2v) is 7.65. The van der Waals surface area contributed by atoms with Gasteiger partial charge in [0.2, 0.25) is 10.0 Å². The third-order valence-electron chi connectivity index (χ3n) is 4.04. The number of benzene rings is 1. The molecule has 1 aromatic carbocycles. The minimum absolute atomic E-state index is 0.202. The summed E-state index contributed by atoms with van der Waals surface area (Å²) in [5, 5.41) is 0. The highest BCUT2D eigenvalue weighted by Gasteiger charge is 2.29. The number of rotatable bonds is 4. The highest BCUT2D eigenvalue weighted by Crippen LogP contribution is 2.17. The van der Waals surface area contributed by atoms with Crippen LogP contribution < -0.4 is 4.72 Å². The van der Waals surface area contributed by atoms with E-state index in [2.05, 4.69) is 4.72 Å². The van der Waals surface area contributed by atoms with Crippen molar-refractivity contribution in [2.45, 2.75) is 30.7 Å². The fourth-order valence-electron chi connectivity index (χ4n) is 2.85. The van der Waals surface area contributed by atoms with Gasteiger partial charge in [0.25, 0.3) is 5.91 Å². The largest absolute Gasteiger partial charge is 0.456 e. The van der Waals surface area contributed by atoms with Crippen molar-refractivity contribution in [1.29, 1.82) is 0 Å². The van der Waals surface area contributed by atoms with Gasteiger partial charge in [-0.2, -0.15) is 0 Å². The van der Waals surface area contributed by atoms with Crippen LogP contribution in [-0.2, 0) is 10.0 Å². The van der Waals surface area contributed by atoms with E-state index in [0.29, 0.717) is 31.0 Å². The van der Waals surface area contributed by atoms with Gasteiger partial charge in [-0.25, -0.2) is 13.1 Å². The van der Waals surface area contributed by atoms with Crippen LogP contribution in [0.5, 0.6) is 0 Å². The lowest BCUT2D eigenvalue weighted by atomic mass is 10.1. The summed E-state index contributed by atoms with van der Waals surface area (Å²) in [5.41, 5.74) is 0. The van der Waals surface area contributed by atoms with Crippen molar-refractivity contribution < 1.29 is 17.6 Å². The van der Waals surface area contributed by atoms with E-state index in [-0.39, 0.29) is 16.8 Å². The van der Waals surface area contributed by atoms with Crippen LogP contribution in [0.4, 0.5) is 0 Å². The lowest BCUT2D eigenvalue weighted by Gasteiger charge is -2.32. The lowest BCUT2D eigenvalue weighted by molar-refractivity contribution is 0.0669. The number of furan rings is 1. The topological polar surface area (TPSA) is 79.6 Å². The summed E-state index contributed by atoms with van der Waals surface area (Å²) in [6.07, 6.45) is 1.44. The Hall–Kier alpha value is -2.12. The molecule has 1 aromatic heterocycles. The Morgan fingerprint density at radius 3 is 2.62 bits per heavy atom. The molecule has 128 valence electrons. The van der Waals surface area contributed by atoms with E-state index in [4.69, 9.17) is 4.42 Å². The first-order chi connectivity index (χ1) is 11.5. The maximum Gasteiger partial charge on any atom is 0.289 e. The molecule has 0 unspecified atom stereocenters. The van der Waals surface area contributed by atoms with Gasteiger partial charge in [-0.3, -0.25) is 4.79 Å². The van der Waals surface area contributed by atoms with Crippen LogP contribution in [0.1, 0.15) is 29.2 Å². The number of carbonyl (C=O) groups is 1. The van der Waals surface area contributed by atoms with Gasteiger partial charge in [0.1, 0.15) is 5.76 Å². The molecule has 2 aromatic rings. The fraction of sp³-hybridized carbons (Fsp3) is 0.353. The number of aryl methyl sites for hydroxylation is 1. The molecule has 1 saturated heterocycles.